The molecule has 156 valence electrons. The van der Waals surface area contributed by atoms with Crippen LogP contribution in [-0.2, 0) is 20.5 Å². The Kier molecular flexibility index (Phi) is 5.11. The van der Waals surface area contributed by atoms with Gasteiger partial charge in [-0.1, -0.05) is 12.1 Å². The Balaban J connectivity index is 1.58. The zero-order valence-electron chi connectivity index (χ0n) is 16.7. The predicted molar refractivity (Wildman–Crippen MR) is 106 cm³/mol. The second kappa shape index (κ2) is 7.74. The molecule has 0 N–H and O–H groups in total. The molecule has 8 nitrogen and oxygen atoms in total. The van der Waals surface area contributed by atoms with E-state index in [-0.39, 0.29) is 17.6 Å². The van der Waals surface area contributed by atoms with Crippen molar-refractivity contribution in [1.29, 1.82) is 0 Å². The van der Waals surface area contributed by atoms with E-state index in [0.717, 1.165) is 16.6 Å². The molecule has 1 aromatic carbocycles. The molecule has 1 unspecified atom stereocenters. The Bertz CT molecular complexity index is 1210. The number of hydrogen-bond acceptors (Lipinski definition) is 5. The van der Waals surface area contributed by atoms with Crippen LogP contribution in [0.2, 0.25) is 0 Å². The van der Waals surface area contributed by atoms with Crippen molar-refractivity contribution in [2.24, 2.45) is 14.1 Å². The molecule has 4 rings (SSSR count). The number of hydrogen-bond donors (Lipinski definition) is 0. The summed E-state index contributed by atoms with van der Waals surface area (Å²) in [4.78, 5) is 43.2. The van der Waals surface area contributed by atoms with Crippen molar-refractivity contribution in [3.63, 3.8) is 0 Å². The van der Waals surface area contributed by atoms with Gasteiger partial charge in [0.2, 0.25) is 5.89 Å². The molecule has 9 heteroatoms. The van der Waals surface area contributed by atoms with E-state index >= 15 is 0 Å². The lowest BCUT2D eigenvalue weighted by Gasteiger charge is -2.23. The van der Waals surface area contributed by atoms with Crippen LogP contribution in [0, 0.1) is 5.82 Å². The highest BCUT2D eigenvalue weighted by molar-refractivity contribution is 5.92. The molecule has 1 saturated heterocycles. The summed E-state index contributed by atoms with van der Waals surface area (Å²) < 4.78 is 21.1. The predicted octanol–water partition coefficient (Wildman–Crippen LogP) is 1.78. The van der Waals surface area contributed by atoms with E-state index in [4.69, 9.17) is 4.42 Å². The van der Waals surface area contributed by atoms with Gasteiger partial charge in [-0.3, -0.25) is 18.7 Å². The molecule has 1 fully saturated rings. The van der Waals surface area contributed by atoms with Crippen molar-refractivity contribution in [2.45, 2.75) is 25.3 Å². The fourth-order valence-corrected chi connectivity index (χ4v) is 3.71. The molecule has 0 radical (unpaired) electrons. The van der Waals surface area contributed by atoms with Gasteiger partial charge in [0.1, 0.15) is 23.3 Å². The third-order valence-electron chi connectivity index (χ3n) is 5.41. The number of carbonyl (C=O) groups excluding carboxylic acids is 1. The number of amides is 1. The Morgan fingerprint density at radius 3 is 2.67 bits per heavy atom. The number of halogens is 1. The number of aromatic nitrogens is 3. The zero-order chi connectivity index (χ0) is 21.4. The SMILES string of the molecule is Cn1c(C(=O)N2CCCC2c2ncc(Cc3ccc(F)cc3)o2)cc(=O)n(C)c1=O. The number of likely N-dealkylation sites (tertiary alicyclic amines) is 1. The first kappa shape index (κ1) is 19.8. The quantitative estimate of drug-likeness (QED) is 0.652. The van der Waals surface area contributed by atoms with E-state index in [1.165, 1.54) is 36.9 Å². The molecule has 1 amide bonds. The second-order valence-corrected chi connectivity index (χ2v) is 7.39. The number of rotatable bonds is 4. The maximum Gasteiger partial charge on any atom is 0.331 e. The lowest BCUT2D eigenvalue weighted by atomic mass is 10.1. The van der Waals surface area contributed by atoms with Crippen LogP contribution in [0.15, 0.2) is 50.5 Å². The van der Waals surface area contributed by atoms with Crippen LogP contribution in [0.5, 0.6) is 0 Å². The Morgan fingerprint density at radius 1 is 1.20 bits per heavy atom. The van der Waals surface area contributed by atoms with E-state index in [1.807, 2.05) is 0 Å². The molecular weight excluding hydrogens is 391 g/mol. The van der Waals surface area contributed by atoms with Crippen molar-refractivity contribution in [3.05, 3.63) is 86.1 Å². The molecule has 0 bridgehead atoms. The van der Waals surface area contributed by atoms with Crippen molar-refractivity contribution in [2.75, 3.05) is 6.54 Å². The monoisotopic (exact) mass is 412 g/mol. The van der Waals surface area contributed by atoms with Crippen LogP contribution in [0.1, 0.15) is 46.6 Å². The van der Waals surface area contributed by atoms with Gasteiger partial charge in [0.05, 0.1) is 6.20 Å². The molecule has 2 aromatic heterocycles. The highest BCUT2D eigenvalue weighted by Gasteiger charge is 2.35. The van der Waals surface area contributed by atoms with Gasteiger partial charge in [-0.05, 0) is 30.5 Å². The van der Waals surface area contributed by atoms with Gasteiger partial charge in [0, 0.05) is 33.1 Å². The van der Waals surface area contributed by atoms with Gasteiger partial charge in [0.15, 0.2) is 0 Å². The Labute approximate surface area is 171 Å². The minimum absolute atomic E-state index is 0.0353. The van der Waals surface area contributed by atoms with E-state index in [0.29, 0.717) is 31.0 Å². The second-order valence-electron chi connectivity index (χ2n) is 7.39. The van der Waals surface area contributed by atoms with Crippen LogP contribution in [0.25, 0.3) is 0 Å². The first-order chi connectivity index (χ1) is 14.3. The summed E-state index contributed by atoms with van der Waals surface area (Å²) in [6, 6.07) is 6.93. The summed E-state index contributed by atoms with van der Waals surface area (Å²) in [7, 11) is 2.83. The van der Waals surface area contributed by atoms with Crippen molar-refractivity contribution in [3.8, 4) is 0 Å². The van der Waals surface area contributed by atoms with Crippen molar-refractivity contribution < 1.29 is 13.6 Å². The Morgan fingerprint density at radius 2 is 1.93 bits per heavy atom. The van der Waals surface area contributed by atoms with E-state index in [1.54, 1.807) is 23.2 Å². The molecule has 30 heavy (non-hydrogen) atoms. The smallest absolute Gasteiger partial charge is 0.331 e. The largest absolute Gasteiger partial charge is 0.443 e. The minimum atomic E-state index is -0.556. The topological polar surface area (TPSA) is 90.3 Å². The van der Waals surface area contributed by atoms with Crippen molar-refractivity contribution in [1.82, 2.24) is 19.0 Å². The summed E-state index contributed by atoms with van der Waals surface area (Å²) in [5.41, 5.74) is -0.170. The summed E-state index contributed by atoms with van der Waals surface area (Å²) >= 11 is 0. The molecule has 1 aliphatic rings. The lowest BCUT2D eigenvalue weighted by Crippen LogP contribution is -2.42. The number of carbonyl (C=O) groups is 1. The van der Waals surface area contributed by atoms with Crippen LogP contribution in [0.4, 0.5) is 4.39 Å². The Hall–Kier alpha value is -3.49. The first-order valence-corrected chi connectivity index (χ1v) is 9.62. The molecule has 1 atom stereocenters. The first-order valence-electron chi connectivity index (χ1n) is 9.62. The molecule has 0 spiro atoms. The number of benzene rings is 1. The normalized spacial score (nSPS) is 16.2. The highest BCUT2D eigenvalue weighted by atomic mass is 19.1. The maximum absolute atomic E-state index is 13.1. The third kappa shape index (κ3) is 3.58. The summed E-state index contributed by atoms with van der Waals surface area (Å²) in [6.45, 7) is 0.475. The molecule has 1 aliphatic heterocycles. The van der Waals surface area contributed by atoms with Crippen LogP contribution < -0.4 is 11.2 Å². The van der Waals surface area contributed by atoms with Crippen LogP contribution in [-0.4, -0.2) is 31.5 Å². The van der Waals surface area contributed by atoms with Gasteiger partial charge < -0.3 is 9.32 Å². The fourth-order valence-electron chi connectivity index (χ4n) is 3.71. The maximum atomic E-state index is 13.1. The van der Waals surface area contributed by atoms with Crippen LogP contribution >= 0.6 is 0 Å². The molecule has 3 heterocycles. The van der Waals surface area contributed by atoms with Crippen molar-refractivity contribution >= 4 is 5.91 Å². The third-order valence-corrected chi connectivity index (χ3v) is 5.41. The average Bonchev–Trinajstić information content (AvgIpc) is 3.39. The molecule has 0 saturated carbocycles. The van der Waals surface area contributed by atoms with Crippen LogP contribution in [0.3, 0.4) is 0 Å². The summed E-state index contributed by atoms with van der Waals surface area (Å²) in [5, 5.41) is 0. The number of oxazole rings is 1. The molecular formula is C21H21FN4O4. The highest BCUT2D eigenvalue weighted by Crippen LogP contribution is 2.32. The van der Waals surface area contributed by atoms with Gasteiger partial charge in [0.25, 0.3) is 11.5 Å². The van der Waals surface area contributed by atoms with E-state index < -0.39 is 17.2 Å². The lowest BCUT2D eigenvalue weighted by molar-refractivity contribution is 0.0702. The van der Waals surface area contributed by atoms with Gasteiger partial charge >= 0.3 is 5.69 Å². The standard InChI is InChI=1S/C21H21FN4O4/c1-24-17(11-18(27)25(2)21(24)29)20(28)26-9-3-4-16(26)19-23-12-15(30-19)10-13-5-7-14(22)8-6-13/h5-8,11-12,16H,3-4,9-10H2,1-2H3. The van der Waals surface area contributed by atoms with Gasteiger partial charge in [-0.15, -0.1) is 0 Å². The van der Waals surface area contributed by atoms with E-state index in [9.17, 15) is 18.8 Å². The number of nitrogens with zero attached hydrogens (tertiary/aromatic N) is 4. The summed E-state index contributed by atoms with van der Waals surface area (Å²) in [5.74, 6) is 0.305. The minimum Gasteiger partial charge on any atom is -0.443 e. The van der Waals surface area contributed by atoms with Gasteiger partial charge in [-0.2, -0.15) is 0 Å². The molecule has 0 aliphatic carbocycles. The average molecular weight is 412 g/mol. The zero-order valence-corrected chi connectivity index (χ0v) is 16.7. The van der Waals surface area contributed by atoms with Gasteiger partial charge in [-0.25, -0.2) is 14.2 Å². The molecule has 3 aromatic rings. The fraction of sp³-hybridized carbons (Fsp3) is 0.333. The summed E-state index contributed by atoms with van der Waals surface area (Å²) in [6.07, 6.45) is 3.48. The van der Waals surface area contributed by atoms with E-state index in [2.05, 4.69) is 4.98 Å².